The van der Waals surface area contributed by atoms with Gasteiger partial charge in [0.2, 0.25) is 0 Å². The number of benzene rings is 1. The van der Waals surface area contributed by atoms with E-state index in [1.54, 1.807) is 11.3 Å². The first-order valence-electron chi connectivity index (χ1n) is 5.06. The topological polar surface area (TPSA) is 0 Å². The Hall–Kier alpha value is -1.15. The van der Waals surface area contributed by atoms with Crippen molar-refractivity contribution >= 4 is 11.3 Å². The van der Waals surface area contributed by atoms with E-state index < -0.39 is 0 Å². The minimum atomic E-state index is -0.178. The summed E-state index contributed by atoms with van der Waals surface area (Å²) in [5.74, 6) is -0.178. The second-order valence-corrected chi connectivity index (χ2v) is 4.71. The fraction of sp³-hybridized carbons (Fsp3) is 0.231. The number of hydrogen-bond donors (Lipinski definition) is 0. The molecule has 2 heteroatoms. The van der Waals surface area contributed by atoms with Crippen molar-refractivity contribution in [2.45, 2.75) is 20.3 Å². The molecule has 2 rings (SSSR count). The Kier molecular flexibility index (Phi) is 2.87. The van der Waals surface area contributed by atoms with E-state index in [1.807, 2.05) is 12.1 Å². The number of hydrogen-bond acceptors (Lipinski definition) is 1. The van der Waals surface area contributed by atoms with Crippen molar-refractivity contribution in [3.8, 4) is 10.4 Å². The van der Waals surface area contributed by atoms with Crippen LogP contribution in [-0.2, 0) is 6.42 Å². The summed E-state index contributed by atoms with van der Waals surface area (Å²) in [7, 11) is 0. The highest BCUT2D eigenvalue weighted by Crippen LogP contribution is 2.31. The fourth-order valence-corrected chi connectivity index (χ4v) is 2.75. The number of thiophene rings is 1. The Morgan fingerprint density at radius 2 is 1.87 bits per heavy atom. The Morgan fingerprint density at radius 1 is 1.20 bits per heavy atom. The van der Waals surface area contributed by atoms with Gasteiger partial charge in [-0.2, -0.15) is 0 Å². The zero-order valence-electron chi connectivity index (χ0n) is 8.88. The van der Waals surface area contributed by atoms with E-state index in [2.05, 4.69) is 19.9 Å². The van der Waals surface area contributed by atoms with Gasteiger partial charge in [-0.25, -0.2) is 4.39 Å². The molecule has 0 unspecified atom stereocenters. The maximum Gasteiger partial charge on any atom is 0.123 e. The van der Waals surface area contributed by atoms with Crippen LogP contribution in [0.5, 0.6) is 0 Å². The standard InChI is InChI=1S/C13H13FS/c1-3-12-9(2)8-13(15-12)10-4-6-11(14)7-5-10/h4-8H,3H2,1-2H3. The third-order valence-electron chi connectivity index (χ3n) is 2.47. The lowest BCUT2D eigenvalue weighted by Crippen LogP contribution is -1.74. The molecular formula is C13H13FS. The van der Waals surface area contributed by atoms with E-state index in [0.29, 0.717) is 0 Å². The van der Waals surface area contributed by atoms with Gasteiger partial charge in [-0.15, -0.1) is 11.3 Å². The summed E-state index contributed by atoms with van der Waals surface area (Å²) in [5, 5.41) is 0. The number of halogens is 1. The fourth-order valence-electron chi connectivity index (χ4n) is 1.63. The summed E-state index contributed by atoms with van der Waals surface area (Å²) >= 11 is 1.80. The first-order chi connectivity index (χ1) is 7.20. The molecule has 0 aliphatic heterocycles. The van der Waals surface area contributed by atoms with Crippen LogP contribution in [0.1, 0.15) is 17.4 Å². The van der Waals surface area contributed by atoms with Crippen molar-refractivity contribution in [1.82, 2.24) is 0 Å². The highest BCUT2D eigenvalue weighted by Gasteiger charge is 2.05. The zero-order chi connectivity index (χ0) is 10.8. The van der Waals surface area contributed by atoms with Crippen molar-refractivity contribution < 1.29 is 4.39 Å². The van der Waals surface area contributed by atoms with Gasteiger partial charge < -0.3 is 0 Å². The van der Waals surface area contributed by atoms with Gasteiger partial charge in [0.15, 0.2) is 0 Å². The van der Waals surface area contributed by atoms with E-state index >= 15 is 0 Å². The molecule has 1 aromatic carbocycles. The van der Waals surface area contributed by atoms with Gasteiger partial charge in [-0.3, -0.25) is 0 Å². The molecule has 0 aliphatic carbocycles. The van der Waals surface area contributed by atoms with Crippen LogP contribution in [0.2, 0.25) is 0 Å². The van der Waals surface area contributed by atoms with E-state index in [4.69, 9.17) is 0 Å². The molecule has 0 saturated carbocycles. The summed E-state index contributed by atoms with van der Waals surface area (Å²) in [5.41, 5.74) is 2.44. The number of rotatable bonds is 2. The molecule has 0 nitrogen and oxygen atoms in total. The number of aryl methyl sites for hydroxylation is 2. The van der Waals surface area contributed by atoms with Crippen molar-refractivity contribution in [2.24, 2.45) is 0 Å². The van der Waals surface area contributed by atoms with Crippen LogP contribution < -0.4 is 0 Å². The molecule has 0 spiro atoms. The van der Waals surface area contributed by atoms with Gasteiger partial charge in [0.25, 0.3) is 0 Å². The molecule has 0 aliphatic rings. The summed E-state index contributed by atoms with van der Waals surface area (Å²) in [6.45, 7) is 4.29. The smallest absolute Gasteiger partial charge is 0.123 e. The van der Waals surface area contributed by atoms with Crippen molar-refractivity contribution in [2.75, 3.05) is 0 Å². The van der Waals surface area contributed by atoms with Crippen molar-refractivity contribution in [3.63, 3.8) is 0 Å². The molecular weight excluding hydrogens is 207 g/mol. The predicted molar refractivity (Wildman–Crippen MR) is 63.8 cm³/mol. The van der Waals surface area contributed by atoms with Crippen LogP contribution in [0.25, 0.3) is 10.4 Å². The minimum Gasteiger partial charge on any atom is -0.207 e. The maximum atomic E-state index is 12.8. The van der Waals surface area contributed by atoms with Crippen LogP contribution in [-0.4, -0.2) is 0 Å². The second kappa shape index (κ2) is 4.15. The largest absolute Gasteiger partial charge is 0.207 e. The summed E-state index contributed by atoms with van der Waals surface area (Å²) in [6.07, 6.45) is 1.07. The molecule has 0 N–H and O–H groups in total. The average Bonchev–Trinajstić information content (AvgIpc) is 2.61. The Morgan fingerprint density at radius 3 is 2.40 bits per heavy atom. The molecule has 1 aromatic heterocycles. The van der Waals surface area contributed by atoms with Gasteiger partial charge in [-0.1, -0.05) is 19.1 Å². The molecule has 0 radical (unpaired) electrons. The van der Waals surface area contributed by atoms with Crippen LogP contribution in [0, 0.1) is 12.7 Å². The first kappa shape index (κ1) is 10.4. The first-order valence-corrected chi connectivity index (χ1v) is 5.87. The normalized spacial score (nSPS) is 10.6. The molecule has 0 atom stereocenters. The molecule has 1 heterocycles. The van der Waals surface area contributed by atoms with Crippen LogP contribution in [0.15, 0.2) is 30.3 Å². The lowest BCUT2D eigenvalue weighted by molar-refractivity contribution is 0.628. The molecule has 15 heavy (non-hydrogen) atoms. The zero-order valence-corrected chi connectivity index (χ0v) is 9.70. The lowest BCUT2D eigenvalue weighted by atomic mass is 10.1. The van der Waals surface area contributed by atoms with Gasteiger partial charge in [0, 0.05) is 9.75 Å². The predicted octanol–water partition coefficient (Wildman–Crippen LogP) is 4.43. The third kappa shape index (κ3) is 2.10. The van der Waals surface area contributed by atoms with Gasteiger partial charge in [-0.05, 0) is 42.7 Å². The van der Waals surface area contributed by atoms with Crippen LogP contribution in [0.3, 0.4) is 0 Å². The Bertz CT molecular complexity index is 454. The van der Waals surface area contributed by atoms with Crippen LogP contribution >= 0.6 is 11.3 Å². The molecule has 0 bridgehead atoms. The maximum absolute atomic E-state index is 12.8. The Balaban J connectivity index is 2.41. The lowest BCUT2D eigenvalue weighted by Gasteiger charge is -1.95. The van der Waals surface area contributed by atoms with Crippen molar-refractivity contribution in [3.05, 3.63) is 46.6 Å². The van der Waals surface area contributed by atoms with Crippen molar-refractivity contribution in [1.29, 1.82) is 0 Å². The third-order valence-corrected chi connectivity index (χ3v) is 3.90. The second-order valence-electron chi connectivity index (χ2n) is 3.58. The summed E-state index contributed by atoms with van der Waals surface area (Å²) in [6, 6.07) is 8.86. The summed E-state index contributed by atoms with van der Waals surface area (Å²) < 4.78 is 12.8. The quantitative estimate of drug-likeness (QED) is 0.702. The van der Waals surface area contributed by atoms with E-state index in [-0.39, 0.29) is 5.82 Å². The monoisotopic (exact) mass is 220 g/mol. The van der Waals surface area contributed by atoms with E-state index in [0.717, 1.165) is 12.0 Å². The molecule has 78 valence electrons. The van der Waals surface area contributed by atoms with E-state index in [9.17, 15) is 4.39 Å². The molecule has 0 saturated heterocycles. The van der Waals surface area contributed by atoms with Crippen LogP contribution in [0.4, 0.5) is 4.39 Å². The average molecular weight is 220 g/mol. The van der Waals surface area contributed by atoms with Gasteiger partial charge in [0.05, 0.1) is 0 Å². The molecule has 0 fully saturated rings. The summed E-state index contributed by atoms with van der Waals surface area (Å²) in [4.78, 5) is 2.64. The minimum absolute atomic E-state index is 0.178. The van der Waals surface area contributed by atoms with E-state index in [1.165, 1.54) is 27.5 Å². The molecule has 2 aromatic rings. The Labute approximate surface area is 93.4 Å². The van der Waals surface area contributed by atoms with Gasteiger partial charge in [0.1, 0.15) is 5.82 Å². The SMILES string of the molecule is CCc1sc(-c2ccc(F)cc2)cc1C. The van der Waals surface area contributed by atoms with Gasteiger partial charge >= 0.3 is 0 Å². The highest BCUT2D eigenvalue weighted by atomic mass is 32.1. The highest BCUT2D eigenvalue weighted by molar-refractivity contribution is 7.15. The molecule has 0 amide bonds.